The lowest BCUT2D eigenvalue weighted by molar-refractivity contribution is 0.209. The van der Waals surface area contributed by atoms with Crippen LogP contribution in [0.4, 0.5) is 4.79 Å². The van der Waals surface area contributed by atoms with E-state index >= 15 is 0 Å². The number of pyridine rings is 2. The Morgan fingerprint density at radius 1 is 1.15 bits per heavy atom. The van der Waals surface area contributed by atoms with Gasteiger partial charge < -0.3 is 10.5 Å². The van der Waals surface area contributed by atoms with Crippen LogP contribution >= 0.6 is 0 Å². The van der Waals surface area contributed by atoms with Crippen LogP contribution < -0.4 is 10.5 Å². The molecule has 0 fully saturated rings. The van der Waals surface area contributed by atoms with Crippen molar-refractivity contribution < 1.29 is 9.53 Å². The molecule has 0 bridgehead atoms. The third kappa shape index (κ3) is 4.57. The van der Waals surface area contributed by atoms with Crippen molar-refractivity contribution in [2.75, 3.05) is 0 Å². The zero-order chi connectivity index (χ0) is 19.5. The molecule has 2 aromatic heterocycles. The van der Waals surface area contributed by atoms with Gasteiger partial charge in [0.05, 0.1) is 5.69 Å². The molecule has 1 amide bonds. The number of carbonyl (C=O) groups is 1. The van der Waals surface area contributed by atoms with Crippen LogP contribution in [0.15, 0.2) is 30.3 Å². The Bertz CT molecular complexity index is 861. The number of hydrogen-bond acceptors (Lipinski definition) is 5. The average Bonchev–Trinajstić information content (AvgIpc) is 2.54. The average molecular weight is 352 g/mol. The summed E-state index contributed by atoms with van der Waals surface area (Å²) in [5, 5.41) is 9.07. The lowest BCUT2D eigenvalue weighted by Gasteiger charge is -2.26. The van der Waals surface area contributed by atoms with E-state index in [-0.39, 0.29) is 10.8 Å². The van der Waals surface area contributed by atoms with Gasteiger partial charge in [-0.15, -0.1) is 0 Å². The maximum Gasteiger partial charge on any atom is 0.410 e. The molecule has 0 spiro atoms. The fourth-order valence-corrected chi connectivity index (χ4v) is 2.73. The Hall–Kier alpha value is -2.94. The Balaban J connectivity index is 2.39. The van der Waals surface area contributed by atoms with E-state index in [1.807, 2.05) is 39.0 Å². The van der Waals surface area contributed by atoms with Gasteiger partial charge in [-0.2, -0.15) is 5.26 Å². The van der Waals surface area contributed by atoms with Crippen LogP contribution in [0.25, 0.3) is 0 Å². The van der Waals surface area contributed by atoms with Crippen LogP contribution in [-0.2, 0) is 17.3 Å². The Labute approximate surface area is 154 Å². The topological polar surface area (TPSA) is 102 Å². The summed E-state index contributed by atoms with van der Waals surface area (Å²) in [6, 6.07) is 11.1. The molecule has 0 atom stereocenters. The van der Waals surface area contributed by atoms with Gasteiger partial charge in [-0.1, -0.05) is 40.7 Å². The van der Waals surface area contributed by atoms with E-state index in [2.05, 4.69) is 24.9 Å². The van der Waals surface area contributed by atoms with Gasteiger partial charge >= 0.3 is 6.09 Å². The second-order valence-corrected chi connectivity index (χ2v) is 7.90. The summed E-state index contributed by atoms with van der Waals surface area (Å²) in [6.07, 6.45) is -0.239. The molecular formula is C20H24N4O2. The monoisotopic (exact) mass is 352 g/mol. The number of ether oxygens (including phenoxy) is 1. The second-order valence-electron chi connectivity index (χ2n) is 7.90. The molecule has 2 rings (SSSR count). The highest BCUT2D eigenvalue weighted by atomic mass is 16.5. The van der Waals surface area contributed by atoms with E-state index < -0.39 is 6.09 Å². The van der Waals surface area contributed by atoms with Crippen LogP contribution in [0, 0.1) is 11.3 Å². The van der Waals surface area contributed by atoms with E-state index in [1.165, 1.54) is 0 Å². The highest BCUT2D eigenvalue weighted by Crippen LogP contribution is 2.32. The summed E-state index contributed by atoms with van der Waals surface area (Å²) in [5.74, 6) is 0.371. The van der Waals surface area contributed by atoms with Crippen molar-refractivity contribution in [3.63, 3.8) is 0 Å². The largest absolute Gasteiger partial charge is 0.410 e. The van der Waals surface area contributed by atoms with Gasteiger partial charge in [0.2, 0.25) is 0 Å². The highest BCUT2D eigenvalue weighted by Gasteiger charge is 2.27. The Morgan fingerprint density at radius 3 is 2.42 bits per heavy atom. The van der Waals surface area contributed by atoms with E-state index in [0.29, 0.717) is 23.6 Å². The minimum atomic E-state index is -0.858. The summed E-state index contributed by atoms with van der Waals surface area (Å²) in [6.45, 7) is 10.1. The van der Waals surface area contributed by atoms with Crippen LogP contribution in [0.2, 0.25) is 0 Å². The van der Waals surface area contributed by atoms with Crippen molar-refractivity contribution in [2.24, 2.45) is 5.73 Å². The number of nitrogens with zero attached hydrogens (tertiary/aromatic N) is 3. The van der Waals surface area contributed by atoms with Gasteiger partial charge in [-0.25, -0.2) is 9.78 Å². The van der Waals surface area contributed by atoms with Gasteiger partial charge in [0.25, 0.3) is 0 Å². The molecule has 0 saturated heterocycles. The van der Waals surface area contributed by atoms with Crippen molar-refractivity contribution in [3.05, 3.63) is 53.1 Å². The number of primary amides is 1. The van der Waals surface area contributed by atoms with Gasteiger partial charge in [-0.3, -0.25) is 4.98 Å². The zero-order valence-electron chi connectivity index (χ0n) is 15.8. The van der Waals surface area contributed by atoms with Crippen molar-refractivity contribution in [1.82, 2.24) is 9.97 Å². The van der Waals surface area contributed by atoms with Crippen LogP contribution in [0.1, 0.15) is 57.4 Å². The van der Waals surface area contributed by atoms with E-state index in [0.717, 1.165) is 11.4 Å². The summed E-state index contributed by atoms with van der Waals surface area (Å²) < 4.78 is 5.10. The molecule has 0 unspecified atom stereocenters. The molecule has 2 aromatic rings. The molecule has 2 N–H and O–H groups in total. The standard InChI is InChI=1S/C20H24N4O2/c1-19(2,3)17-15(26-18(22)25)10-9-13(24-17)11-20(4,5)16-8-6-7-14(12-21)23-16/h6-10H,11H2,1-5H3,(H2,22,25). The van der Waals surface area contributed by atoms with Crippen molar-refractivity contribution in [3.8, 4) is 11.8 Å². The number of carbonyl (C=O) groups excluding carboxylic acids is 1. The first-order chi connectivity index (χ1) is 12.0. The molecular weight excluding hydrogens is 328 g/mol. The van der Waals surface area contributed by atoms with E-state index in [4.69, 9.17) is 20.7 Å². The smallest absolute Gasteiger partial charge is 0.409 e. The first kappa shape index (κ1) is 19.4. The fourth-order valence-electron chi connectivity index (χ4n) is 2.73. The first-order valence-electron chi connectivity index (χ1n) is 8.38. The van der Waals surface area contributed by atoms with E-state index in [1.54, 1.807) is 12.1 Å². The third-order valence-electron chi connectivity index (χ3n) is 4.02. The summed E-state index contributed by atoms with van der Waals surface area (Å²) in [7, 11) is 0. The Kier molecular flexibility index (Phi) is 5.31. The first-order valence-corrected chi connectivity index (χ1v) is 8.38. The molecule has 0 saturated carbocycles. The van der Waals surface area contributed by atoms with Gasteiger partial charge in [-0.05, 0) is 24.3 Å². The lowest BCUT2D eigenvalue weighted by atomic mass is 9.83. The number of hydrogen-bond donors (Lipinski definition) is 1. The fraction of sp³-hybridized carbons (Fsp3) is 0.400. The lowest BCUT2D eigenvalue weighted by Crippen LogP contribution is -2.25. The van der Waals surface area contributed by atoms with Gasteiger partial charge in [0.15, 0.2) is 5.75 Å². The molecule has 136 valence electrons. The summed E-state index contributed by atoms with van der Waals surface area (Å²) in [4.78, 5) is 20.3. The molecule has 6 nitrogen and oxygen atoms in total. The second kappa shape index (κ2) is 7.12. The number of aromatic nitrogens is 2. The summed E-state index contributed by atoms with van der Waals surface area (Å²) in [5.41, 5.74) is 7.26. The minimum Gasteiger partial charge on any atom is -0.409 e. The normalized spacial score (nSPS) is 11.7. The van der Waals surface area contributed by atoms with Gasteiger partial charge in [0, 0.05) is 28.6 Å². The predicted octanol–water partition coefficient (Wildman–Crippen LogP) is 3.62. The van der Waals surface area contributed by atoms with Crippen molar-refractivity contribution in [2.45, 2.75) is 51.9 Å². The molecule has 2 heterocycles. The molecule has 0 aliphatic heterocycles. The molecule has 0 radical (unpaired) electrons. The highest BCUT2D eigenvalue weighted by molar-refractivity contribution is 5.68. The quantitative estimate of drug-likeness (QED) is 0.905. The SMILES string of the molecule is CC(C)(C)c1nc(CC(C)(C)c2cccc(C#N)n2)ccc1OC(N)=O. The minimum absolute atomic E-state index is 0.316. The van der Waals surface area contributed by atoms with Crippen LogP contribution in [-0.4, -0.2) is 16.1 Å². The molecule has 26 heavy (non-hydrogen) atoms. The van der Waals surface area contributed by atoms with Crippen LogP contribution in [0.3, 0.4) is 0 Å². The number of amides is 1. The Morgan fingerprint density at radius 2 is 1.85 bits per heavy atom. The third-order valence-corrected chi connectivity index (χ3v) is 4.02. The maximum atomic E-state index is 11.1. The number of rotatable bonds is 4. The molecule has 0 aliphatic carbocycles. The van der Waals surface area contributed by atoms with Crippen molar-refractivity contribution in [1.29, 1.82) is 5.26 Å². The van der Waals surface area contributed by atoms with E-state index in [9.17, 15) is 4.79 Å². The van der Waals surface area contributed by atoms with Crippen LogP contribution in [0.5, 0.6) is 5.75 Å². The maximum absolute atomic E-state index is 11.1. The molecule has 0 aromatic carbocycles. The molecule has 0 aliphatic rings. The summed E-state index contributed by atoms with van der Waals surface area (Å²) >= 11 is 0. The predicted molar refractivity (Wildman–Crippen MR) is 98.8 cm³/mol. The van der Waals surface area contributed by atoms with Crippen molar-refractivity contribution >= 4 is 6.09 Å². The zero-order valence-corrected chi connectivity index (χ0v) is 15.8. The number of nitrogens with two attached hydrogens (primary N) is 1. The number of nitriles is 1. The van der Waals surface area contributed by atoms with Gasteiger partial charge in [0.1, 0.15) is 11.8 Å². The molecule has 6 heteroatoms.